The average molecular weight is 363 g/mol. The maximum atomic E-state index is 12.7. The number of Topliss-reactive ketones (excluding diaryl/α,β-unsaturated/α-hetero) is 1. The van der Waals surface area contributed by atoms with Crippen LogP contribution in [0.5, 0.6) is 0 Å². The number of nitrogens with zero attached hydrogens (tertiary/aromatic N) is 3. The standard InChI is InChI=1S/C19H29N3O4/c1-5-26-18(25)12-16-8-6-7-10-21(16)17(24)9-11-22-14(3)19(15(4)23)13(2)20-22/h16H,5-12H2,1-4H3. The van der Waals surface area contributed by atoms with E-state index >= 15 is 0 Å². The number of amides is 1. The van der Waals surface area contributed by atoms with Gasteiger partial charge in [0.2, 0.25) is 5.91 Å². The van der Waals surface area contributed by atoms with Crippen molar-refractivity contribution in [2.75, 3.05) is 13.2 Å². The van der Waals surface area contributed by atoms with Crippen molar-refractivity contribution >= 4 is 17.7 Å². The number of likely N-dealkylation sites (tertiary alicyclic amines) is 1. The van der Waals surface area contributed by atoms with Gasteiger partial charge in [-0.2, -0.15) is 5.10 Å². The molecule has 2 heterocycles. The molecule has 7 nitrogen and oxygen atoms in total. The summed E-state index contributed by atoms with van der Waals surface area (Å²) < 4.78 is 6.76. The molecule has 0 N–H and O–H groups in total. The lowest BCUT2D eigenvalue weighted by Gasteiger charge is -2.35. The zero-order valence-electron chi connectivity index (χ0n) is 16.2. The summed E-state index contributed by atoms with van der Waals surface area (Å²) in [7, 11) is 0. The van der Waals surface area contributed by atoms with Crippen LogP contribution in [0.3, 0.4) is 0 Å². The second kappa shape index (κ2) is 8.96. The van der Waals surface area contributed by atoms with Crippen LogP contribution < -0.4 is 0 Å². The highest BCUT2D eigenvalue weighted by Gasteiger charge is 2.29. The number of hydrogen-bond acceptors (Lipinski definition) is 5. The lowest BCUT2D eigenvalue weighted by Crippen LogP contribution is -2.45. The minimum atomic E-state index is -0.248. The van der Waals surface area contributed by atoms with Crippen molar-refractivity contribution < 1.29 is 19.1 Å². The van der Waals surface area contributed by atoms with Gasteiger partial charge in [-0.25, -0.2) is 0 Å². The summed E-state index contributed by atoms with van der Waals surface area (Å²) >= 11 is 0. The van der Waals surface area contributed by atoms with Crippen LogP contribution in [0.4, 0.5) is 0 Å². The third-order valence-corrected chi connectivity index (χ3v) is 4.93. The van der Waals surface area contributed by atoms with Crippen LogP contribution in [0, 0.1) is 13.8 Å². The number of aromatic nitrogens is 2. The number of piperidine rings is 1. The van der Waals surface area contributed by atoms with Gasteiger partial charge in [0.1, 0.15) is 0 Å². The van der Waals surface area contributed by atoms with Gasteiger partial charge in [-0.1, -0.05) is 0 Å². The fourth-order valence-corrected chi connectivity index (χ4v) is 3.72. The van der Waals surface area contributed by atoms with E-state index in [9.17, 15) is 14.4 Å². The number of ether oxygens (including phenoxy) is 1. The Hall–Kier alpha value is -2.18. The third-order valence-electron chi connectivity index (χ3n) is 4.93. The first-order valence-electron chi connectivity index (χ1n) is 9.35. The Kier molecular flexibility index (Phi) is 6.94. The quantitative estimate of drug-likeness (QED) is 0.549. The van der Waals surface area contributed by atoms with E-state index in [0.29, 0.717) is 37.4 Å². The van der Waals surface area contributed by atoms with Gasteiger partial charge in [0.15, 0.2) is 5.78 Å². The molecular weight excluding hydrogens is 334 g/mol. The molecule has 2 rings (SSSR count). The van der Waals surface area contributed by atoms with Gasteiger partial charge in [0.05, 0.1) is 24.3 Å². The SMILES string of the molecule is CCOC(=O)CC1CCCCN1C(=O)CCn1nc(C)c(C(C)=O)c1C. The molecule has 0 aromatic carbocycles. The molecule has 1 aromatic heterocycles. The molecule has 144 valence electrons. The molecule has 26 heavy (non-hydrogen) atoms. The monoisotopic (exact) mass is 363 g/mol. The Balaban J connectivity index is 2.00. The summed E-state index contributed by atoms with van der Waals surface area (Å²) in [6.45, 7) is 8.44. The highest BCUT2D eigenvalue weighted by molar-refractivity contribution is 5.96. The Labute approximate surface area is 154 Å². The second-order valence-corrected chi connectivity index (χ2v) is 6.82. The lowest BCUT2D eigenvalue weighted by molar-refractivity contribution is -0.146. The van der Waals surface area contributed by atoms with E-state index in [0.717, 1.165) is 25.0 Å². The molecule has 1 aliphatic rings. The largest absolute Gasteiger partial charge is 0.466 e. The minimum Gasteiger partial charge on any atom is -0.466 e. The molecule has 1 saturated heterocycles. The van der Waals surface area contributed by atoms with Crippen LogP contribution in [0.15, 0.2) is 0 Å². The Morgan fingerprint density at radius 3 is 2.58 bits per heavy atom. The van der Waals surface area contributed by atoms with Gasteiger partial charge in [0, 0.05) is 31.2 Å². The van der Waals surface area contributed by atoms with E-state index in [2.05, 4.69) is 5.10 Å². The molecule has 0 bridgehead atoms. The van der Waals surface area contributed by atoms with Crippen molar-refractivity contribution in [1.82, 2.24) is 14.7 Å². The van der Waals surface area contributed by atoms with E-state index in [1.54, 1.807) is 11.6 Å². The predicted molar refractivity (Wildman–Crippen MR) is 96.9 cm³/mol. The molecule has 1 atom stereocenters. The van der Waals surface area contributed by atoms with E-state index in [1.807, 2.05) is 18.7 Å². The zero-order chi connectivity index (χ0) is 19.3. The van der Waals surface area contributed by atoms with E-state index in [1.165, 1.54) is 6.92 Å². The minimum absolute atomic E-state index is 0.0110. The number of carbonyl (C=O) groups is 3. The predicted octanol–water partition coefficient (Wildman–Crippen LogP) is 2.43. The first-order chi connectivity index (χ1) is 12.3. The van der Waals surface area contributed by atoms with Crippen LogP contribution in [-0.2, 0) is 20.9 Å². The number of esters is 1. The summed E-state index contributed by atoms with van der Waals surface area (Å²) in [6, 6.07) is -0.0801. The summed E-state index contributed by atoms with van der Waals surface area (Å²) in [6.07, 6.45) is 3.37. The molecule has 7 heteroatoms. The van der Waals surface area contributed by atoms with Crippen molar-refractivity contribution in [3.63, 3.8) is 0 Å². The van der Waals surface area contributed by atoms with Crippen LogP contribution in [-0.4, -0.2) is 51.5 Å². The van der Waals surface area contributed by atoms with Gasteiger partial charge in [0.25, 0.3) is 0 Å². The van der Waals surface area contributed by atoms with E-state index in [4.69, 9.17) is 4.74 Å². The lowest BCUT2D eigenvalue weighted by atomic mass is 9.99. The molecule has 1 unspecified atom stereocenters. The Morgan fingerprint density at radius 2 is 1.96 bits per heavy atom. The zero-order valence-corrected chi connectivity index (χ0v) is 16.2. The second-order valence-electron chi connectivity index (χ2n) is 6.82. The molecule has 1 aliphatic heterocycles. The fourth-order valence-electron chi connectivity index (χ4n) is 3.72. The Morgan fingerprint density at radius 1 is 1.23 bits per heavy atom. The van der Waals surface area contributed by atoms with E-state index in [-0.39, 0.29) is 30.1 Å². The van der Waals surface area contributed by atoms with Crippen molar-refractivity contribution in [2.24, 2.45) is 0 Å². The maximum Gasteiger partial charge on any atom is 0.307 e. The number of ketones is 1. The molecule has 0 spiro atoms. The molecule has 0 radical (unpaired) electrons. The van der Waals surface area contributed by atoms with Crippen molar-refractivity contribution in [2.45, 2.75) is 72.4 Å². The van der Waals surface area contributed by atoms with Crippen LogP contribution in [0.1, 0.15) is 67.7 Å². The normalized spacial score (nSPS) is 17.2. The van der Waals surface area contributed by atoms with E-state index < -0.39 is 0 Å². The van der Waals surface area contributed by atoms with Gasteiger partial charge >= 0.3 is 5.97 Å². The highest BCUT2D eigenvalue weighted by atomic mass is 16.5. The first kappa shape index (κ1) is 20.1. The fraction of sp³-hybridized carbons (Fsp3) is 0.684. The maximum absolute atomic E-state index is 12.7. The van der Waals surface area contributed by atoms with Crippen molar-refractivity contribution in [1.29, 1.82) is 0 Å². The van der Waals surface area contributed by atoms with Gasteiger partial charge in [-0.05, 0) is 47.0 Å². The van der Waals surface area contributed by atoms with Gasteiger partial charge in [-0.3, -0.25) is 19.1 Å². The number of carbonyl (C=O) groups excluding carboxylic acids is 3. The smallest absolute Gasteiger partial charge is 0.307 e. The third kappa shape index (κ3) is 4.71. The average Bonchev–Trinajstić information content (AvgIpc) is 2.87. The van der Waals surface area contributed by atoms with Crippen LogP contribution >= 0.6 is 0 Å². The number of rotatable bonds is 7. The summed E-state index contributed by atoms with van der Waals surface area (Å²) in [5.41, 5.74) is 2.13. The number of hydrogen-bond donors (Lipinski definition) is 0. The summed E-state index contributed by atoms with van der Waals surface area (Å²) in [5.74, 6) is -0.235. The molecular formula is C19H29N3O4. The van der Waals surface area contributed by atoms with Crippen LogP contribution in [0.25, 0.3) is 0 Å². The Bertz CT molecular complexity index is 681. The van der Waals surface area contributed by atoms with Gasteiger partial charge in [-0.15, -0.1) is 0 Å². The van der Waals surface area contributed by atoms with Crippen molar-refractivity contribution in [3.8, 4) is 0 Å². The van der Waals surface area contributed by atoms with Crippen LogP contribution in [0.2, 0.25) is 0 Å². The number of aryl methyl sites for hydroxylation is 2. The summed E-state index contributed by atoms with van der Waals surface area (Å²) in [4.78, 5) is 38.1. The highest BCUT2D eigenvalue weighted by Crippen LogP contribution is 2.22. The molecule has 1 amide bonds. The van der Waals surface area contributed by atoms with Crippen molar-refractivity contribution in [3.05, 3.63) is 17.0 Å². The molecule has 0 aliphatic carbocycles. The molecule has 1 aromatic rings. The first-order valence-corrected chi connectivity index (χ1v) is 9.35. The summed E-state index contributed by atoms with van der Waals surface area (Å²) in [5, 5.41) is 4.39. The molecule has 0 saturated carbocycles. The van der Waals surface area contributed by atoms with Gasteiger partial charge < -0.3 is 9.64 Å². The topological polar surface area (TPSA) is 81.5 Å². The molecule has 1 fully saturated rings.